The van der Waals surface area contributed by atoms with E-state index in [1.54, 1.807) is 18.2 Å². The molecule has 1 aromatic carbocycles. The van der Waals surface area contributed by atoms with Gasteiger partial charge < -0.3 is 14.2 Å². The fourth-order valence-corrected chi connectivity index (χ4v) is 1.99. The first-order chi connectivity index (χ1) is 7.62. The highest BCUT2D eigenvalue weighted by molar-refractivity contribution is 9.10. The summed E-state index contributed by atoms with van der Waals surface area (Å²) in [6.07, 6.45) is 0. The molecule has 0 saturated heterocycles. The van der Waals surface area contributed by atoms with Crippen molar-refractivity contribution in [2.75, 3.05) is 21.3 Å². The van der Waals surface area contributed by atoms with Gasteiger partial charge in [-0.05, 0) is 6.07 Å². The number of esters is 1. The quantitative estimate of drug-likeness (QED) is 0.629. The van der Waals surface area contributed by atoms with Gasteiger partial charge in [0, 0.05) is 24.3 Å². The molecule has 5 heteroatoms. The second-order valence-corrected chi connectivity index (χ2v) is 3.85. The lowest BCUT2D eigenvalue weighted by molar-refractivity contribution is -0.234. The fourth-order valence-electron chi connectivity index (χ4n) is 1.44. The van der Waals surface area contributed by atoms with E-state index in [2.05, 4.69) is 15.9 Å². The molecule has 0 unspecified atom stereocenters. The summed E-state index contributed by atoms with van der Waals surface area (Å²) in [6.45, 7) is 0. The smallest absolute Gasteiger partial charge is 0.371 e. The Hall–Kier alpha value is -0.910. The Kier molecular flexibility index (Phi) is 4.46. The van der Waals surface area contributed by atoms with Gasteiger partial charge in [-0.3, -0.25) is 0 Å². The van der Waals surface area contributed by atoms with E-state index >= 15 is 0 Å². The van der Waals surface area contributed by atoms with Gasteiger partial charge in [0.1, 0.15) is 0 Å². The number of benzene rings is 1. The Morgan fingerprint density at radius 1 is 1.19 bits per heavy atom. The van der Waals surface area contributed by atoms with Crippen molar-refractivity contribution in [3.63, 3.8) is 0 Å². The lowest BCUT2D eigenvalue weighted by Gasteiger charge is -2.28. The van der Waals surface area contributed by atoms with E-state index < -0.39 is 11.8 Å². The largest absolute Gasteiger partial charge is 0.465 e. The molecule has 0 radical (unpaired) electrons. The van der Waals surface area contributed by atoms with Crippen LogP contribution >= 0.6 is 15.9 Å². The first kappa shape index (κ1) is 13.2. The van der Waals surface area contributed by atoms with Crippen molar-refractivity contribution in [1.29, 1.82) is 0 Å². The van der Waals surface area contributed by atoms with E-state index in [1.165, 1.54) is 21.3 Å². The van der Waals surface area contributed by atoms with E-state index in [-0.39, 0.29) is 0 Å². The Morgan fingerprint density at radius 2 is 1.75 bits per heavy atom. The van der Waals surface area contributed by atoms with Crippen LogP contribution in [-0.4, -0.2) is 27.3 Å². The highest BCUT2D eigenvalue weighted by Crippen LogP contribution is 2.33. The van der Waals surface area contributed by atoms with Crippen LogP contribution in [0.3, 0.4) is 0 Å². The fraction of sp³-hybridized carbons (Fsp3) is 0.364. The van der Waals surface area contributed by atoms with Crippen LogP contribution in [0, 0.1) is 0 Å². The van der Waals surface area contributed by atoms with Gasteiger partial charge in [0.25, 0.3) is 5.79 Å². The first-order valence-electron chi connectivity index (χ1n) is 4.56. The van der Waals surface area contributed by atoms with Crippen molar-refractivity contribution in [2.45, 2.75) is 5.79 Å². The monoisotopic (exact) mass is 288 g/mol. The van der Waals surface area contributed by atoms with E-state index in [0.717, 1.165) is 0 Å². The van der Waals surface area contributed by atoms with Crippen LogP contribution in [0.15, 0.2) is 28.7 Å². The number of rotatable bonds is 4. The molecular weight excluding hydrogens is 276 g/mol. The van der Waals surface area contributed by atoms with Crippen LogP contribution in [0.1, 0.15) is 5.56 Å². The maximum atomic E-state index is 11.8. The summed E-state index contributed by atoms with van der Waals surface area (Å²) in [5.74, 6) is -2.14. The summed E-state index contributed by atoms with van der Waals surface area (Å²) in [5, 5.41) is 0. The van der Waals surface area contributed by atoms with Gasteiger partial charge in [0.2, 0.25) is 0 Å². The summed E-state index contributed by atoms with van der Waals surface area (Å²) >= 11 is 3.34. The van der Waals surface area contributed by atoms with Crippen LogP contribution < -0.4 is 0 Å². The minimum absolute atomic E-state index is 0.562. The minimum Gasteiger partial charge on any atom is -0.465 e. The highest BCUT2D eigenvalue weighted by atomic mass is 79.9. The Morgan fingerprint density at radius 3 is 2.19 bits per heavy atom. The summed E-state index contributed by atoms with van der Waals surface area (Å²) < 4.78 is 15.8. The van der Waals surface area contributed by atoms with Crippen LogP contribution in [-0.2, 0) is 24.8 Å². The third-order valence-electron chi connectivity index (χ3n) is 2.26. The molecule has 1 aromatic rings. The number of halogens is 1. The number of carbonyl (C=O) groups excluding carboxylic acids is 1. The van der Waals surface area contributed by atoms with Crippen molar-refractivity contribution in [2.24, 2.45) is 0 Å². The maximum Gasteiger partial charge on any atom is 0.371 e. The number of ether oxygens (including phenoxy) is 3. The summed E-state index contributed by atoms with van der Waals surface area (Å²) in [6, 6.07) is 7.15. The Balaban J connectivity index is 3.32. The van der Waals surface area contributed by atoms with Gasteiger partial charge in [-0.2, -0.15) is 0 Å². The molecule has 0 aliphatic heterocycles. The highest BCUT2D eigenvalue weighted by Gasteiger charge is 2.43. The SMILES string of the molecule is COC(=O)C(OC)(OC)c1ccccc1Br. The molecule has 0 aliphatic carbocycles. The van der Waals surface area contributed by atoms with Gasteiger partial charge in [0.05, 0.1) is 7.11 Å². The normalized spacial score (nSPS) is 11.2. The molecule has 0 heterocycles. The number of hydrogen-bond acceptors (Lipinski definition) is 4. The standard InChI is InChI=1S/C11H13BrO4/c1-14-10(13)11(15-2,16-3)8-6-4-5-7-9(8)12/h4-7H,1-3H3. The van der Waals surface area contributed by atoms with Crippen molar-refractivity contribution >= 4 is 21.9 Å². The zero-order valence-electron chi connectivity index (χ0n) is 9.32. The summed E-state index contributed by atoms with van der Waals surface area (Å²) in [7, 11) is 4.06. The topological polar surface area (TPSA) is 44.8 Å². The molecule has 4 nitrogen and oxygen atoms in total. The molecule has 0 bridgehead atoms. The molecule has 0 fully saturated rings. The van der Waals surface area contributed by atoms with E-state index in [9.17, 15) is 4.79 Å². The molecule has 0 aromatic heterocycles. The van der Waals surface area contributed by atoms with Crippen molar-refractivity contribution in [3.8, 4) is 0 Å². The molecule has 0 amide bonds. The Bertz CT molecular complexity index is 374. The number of hydrogen-bond donors (Lipinski definition) is 0. The zero-order valence-corrected chi connectivity index (χ0v) is 10.9. The van der Waals surface area contributed by atoms with Gasteiger partial charge in [-0.25, -0.2) is 4.79 Å². The zero-order chi connectivity index (χ0) is 12.2. The maximum absolute atomic E-state index is 11.8. The van der Waals surface area contributed by atoms with Gasteiger partial charge in [-0.1, -0.05) is 34.1 Å². The molecule has 1 rings (SSSR count). The van der Waals surface area contributed by atoms with Crippen LogP contribution in [0.5, 0.6) is 0 Å². The summed E-state index contributed by atoms with van der Waals surface area (Å²) in [5.41, 5.74) is 0.562. The van der Waals surface area contributed by atoms with E-state index in [1.807, 2.05) is 6.07 Å². The molecular formula is C11H13BrO4. The van der Waals surface area contributed by atoms with Crippen LogP contribution in [0.2, 0.25) is 0 Å². The number of carbonyl (C=O) groups is 1. The Labute approximate surface area is 103 Å². The average molecular weight is 289 g/mol. The third-order valence-corrected chi connectivity index (χ3v) is 2.95. The molecule has 16 heavy (non-hydrogen) atoms. The van der Waals surface area contributed by atoms with E-state index in [0.29, 0.717) is 10.0 Å². The second kappa shape index (κ2) is 5.43. The van der Waals surface area contributed by atoms with Gasteiger partial charge in [0.15, 0.2) is 0 Å². The third kappa shape index (κ3) is 2.11. The minimum atomic E-state index is -1.53. The first-order valence-corrected chi connectivity index (χ1v) is 5.35. The van der Waals surface area contributed by atoms with Gasteiger partial charge in [-0.15, -0.1) is 0 Å². The molecule has 0 N–H and O–H groups in total. The van der Waals surface area contributed by atoms with Crippen molar-refractivity contribution in [3.05, 3.63) is 34.3 Å². The predicted octanol–water partition coefficient (Wildman–Crippen LogP) is 2.07. The molecule has 0 atom stereocenters. The predicted molar refractivity (Wildman–Crippen MR) is 61.9 cm³/mol. The lowest BCUT2D eigenvalue weighted by atomic mass is 10.1. The van der Waals surface area contributed by atoms with Crippen molar-refractivity contribution < 1.29 is 19.0 Å². The molecule has 0 spiro atoms. The van der Waals surface area contributed by atoms with Gasteiger partial charge >= 0.3 is 5.97 Å². The second-order valence-electron chi connectivity index (χ2n) is 3.00. The molecule has 88 valence electrons. The van der Waals surface area contributed by atoms with Crippen LogP contribution in [0.25, 0.3) is 0 Å². The lowest BCUT2D eigenvalue weighted by Crippen LogP contribution is -2.41. The van der Waals surface area contributed by atoms with Crippen LogP contribution in [0.4, 0.5) is 0 Å². The summed E-state index contributed by atoms with van der Waals surface area (Å²) in [4.78, 5) is 11.8. The average Bonchev–Trinajstić information content (AvgIpc) is 2.33. The van der Waals surface area contributed by atoms with Crippen molar-refractivity contribution in [1.82, 2.24) is 0 Å². The van der Waals surface area contributed by atoms with E-state index in [4.69, 9.17) is 14.2 Å². The number of methoxy groups -OCH3 is 3. The molecule has 0 saturated carbocycles. The molecule has 0 aliphatic rings.